The number of aromatic nitrogens is 1. The quantitative estimate of drug-likeness (QED) is 0.675. The molecule has 0 bridgehead atoms. The van der Waals surface area contributed by atoms with Crippen LogP contribution in [0.2, 0.25) is 0 Å². The van der Waals surface area contributed by atoms with Gasteiger partial charge in [0.15, 0.2) is 0 Å². The average molecular weight is 177 g/mol. The Morgan fingerprint density at radius 1 is 1.90 bits per heavy atom. The van der Waals surface area contributed by atoms with Gasteiger partial charge in [0.05, 0.1) is 5.69 Å². The Labute approximate surface area is 64.9 Å². The minimum atomic E-state index is -2.23. The molecule has 0 aliphatic heterocycles. The Morgan fingerprint density at radius 2 is 2.60 bits per heavy atom. The van der Waals surface area contributed by atoms with Crippen molar-refractivity contribution in [3.63, 3.8) is 0 Å². The zero-order valence-electron chi connectivity index (χ0n) is 5.16. The van der Waals surface area contributed by atoms with Gasteiger partial charge in [-0.25, -0.2) is 0 Å². The normalized spacial score (nSPS) is 13.0. The molecule has 0 radical (unpaired) electrons. The zero-order chi connectivity index (χ0) is 7.56. The third kappa shape index (κ3) is 2.05. The van der Waals surface area contributed by atoms with E-state index >= 15 is 0 Å². The van der Waals surface area contributed by atoms with Crippen LogP contribution in [-0.2, 0) is 11.3 Å². The van der Waals surface area contributed by atoms with Crippen molar-refractivity contribution in [2.45, 2.75) is 6.92 Å². The van der Waals surface area contributed by atoms with Crippen LogP contribution < -0.4 is 4.72 Å². The fourth-order valence-electron chi connectivity index (χ4n) is 0.494. The summed E-state index contributed by atoms with van der Waals surface area (Å²) in [6, 6.07) is 1.67. The van der Waals surface area contributed by atoms with Gasteiger partial charge in [0.2, 0.25) is 0 Å². The summed E-state index contributed by atoms with van der Waals surface area (Å²) in [5.74, 6) is 0. The van der Waals surface area contributed by atoms with Crippen molar-refractivity contribution in [1.29, 1.82) is 0 Å². The maximum atomic E-state index is 10.0. The Kier molecular flexibility index (Phi) is 2.36. The molecule has 0 spiro atoms. The Balaban J connectivity index is 2.67. The molecule has 0 aliphatic rings. The van der Waals surface area contributed by atoms with Crippen LogP contribution in [0.1, 0.15) is 5.69 Å². The molecule has 1 rings (SSSR count). The summed E-state index contributed by atoms with van der Waals surface area (Å²) in [7, 11) is 0. The molecule has 0 aliphatic carbocycles. The van der Waals surface area contributed by atoms with Crippen LogP contribution in [0.5, 0.6) is 0 Å². The van der Waals surface area contributed by atoms with Gasteiger partial charge in [0.1, 0.15) is 5.00 Å². The van der Waals surface area contributed by atoms with Gasteiger partial charge in [-0.3, -0.25) is 4.21 Å². The average Bonchev–Trinajstić information content (AvgIpc) is 2.13. The standard InChI is InChI=1S/C4H6N2O2S2/c1-3-2-4(9-5-3)6-10(7)8/h2,6H,1H3,(H,7,8)/p-1. The van der Waals surface area contributed by atoms with E-state index in [1.54, 1.807) is 13.0 Å². The molecule has 6 heteroatoms. The number of hydrogen-bond donors (Lipinski definition) is 1. The van der Waals surface area contributed by atoms with Crippen LogP contribution >= 0.6 is 11.5 Å². The zero-order valence-corrected chi connectivity index (χ0v) is 6.79. The van der Waals surface area contributed by atoms with E-state index in [0.29, 0.717) is 5.00 Å². The van der Waals surface area contributed by atoms with E-state index in [9.17, 15) is 8.76 Å². The van der Waals surface area contributed by atoms with Crippen LogP contribution in [0.15, 0.2) is 6.07 Å². The molecule has 1 heterocycles. The molecule has 1 aromatic heterocycles. The van der Waals surface area contributed by atoms with E-state index in [0.717, 1.165) is 17.2 Å². The van der Waals surface area contributed by atoms with Crippen LogP contribution in [-0.4, -0.2) is 13.1 Å². The van der Waals surface area contributed by atoms with E-state index in [-0.39, 0.29) is 0 Å². The third-order valence-corrected chi connectivity index (χ3v) is 2.12. The molecular weight excluding hydrogens is 172 g/mol. The third-order valence-electron chi connectivity index (χ3n) is 0.812. The van der Waals surface area contributed by atoms with Gasteiger partial charge in [-0.2, -0.15) is 4.37 Å². The molecule has 1 unspecified atom stereocenters. The molecule has 10 heavy (non-hydrogen) atoms. The summed E-state index contributed by atoms with van der Waals surface area (Å²) >= 11 is -1.11. The van der Waals surface area contributed by atoms with E-state index in [2.05, 4.69) is 9.10 Å². The summed E-state index contributed by atoms with van der Waals surface area (Å²) in [5, 5.41) is 0.547. The minimum absolute atomic E-state index is 0.547. The molecule has 0 saturated carbocycles. The molecule has 4 nitrogen and oxygen atoms in total. The second-order valence-electron chi connectivity index (χ2n) is 1.67. The van der Waals surface area contributed by atoms with Gasteiger partial charge in [-0.05, 0) is 24.5 Å². The highest BCUT2D eigenvalue weighted by atomic mass is 32.2. The Morgan fingerprint density at radius 3 is 3.00 bits per heavy atom. The van der Waals surface area contributed by atoms with Gasteiger partial charge in [-0.1, -0.05) is 0 Å². The highest BCUT2D eigenvalue weighted by Crippen LogP contribution is 2.14. The SMILES string of the molecule is Cc1cc(NS(=O)[O-])sn1. The monoisotopic (exact) mass is 177 g/mol. The summed E-state index contributed by atoms with van der Waals surface area (Å²) in [6.45, 7) is 1.80. The maximum absolute atomic E-state index is 10.0. The first-order valence-corrected chi connectivity index (χ1v) is 4.32. The second kappa shape index (κ2) is 3.09. The van der Waals surface area contributed by atoms with Gasteiger partial charge < -0.3 is 9.27 Å². The van der Waals surface area contributed by atoms with Gasteiger partial charge in [0.25, 0.3) is 0 Å². The van der Waals surface area contributed by atoms with Gasteiger partial charge in [-0.15, -0.1) is 0 Å². The van der Waals surface area contributed by atoms with Crippen LogP contribution in [0, 0.1) is 6.92 Å². The van der Waals surface area contributed by atoms with E-state index in [1.165, 1.54) is 0 Å². The van der Waals surface area contributed by atoms with Crippen LogP contribution in [0.4, 0.5) is 5.00 Å². The molecule has 1 atom stereocenters. The lowest BCUT2D eigenvalue weighted by atomic mass is 10.5. The molecular formula is C4H5N2O2S2-. The predicted molar refractivity (Wildman–Crippen MR) is 39.4 cm³/mol. The van der Waals surface area contributed by atoms with Crippen LogP contribution in [0.25, 0.3) is 0 Å². The molecule has 0 amide bonds. The van der Waals surface area contributed by atoms with Crippen molar-refractivity contribution in [3.05, 3.63) is 11.8 Å². The summed E-state index contributed by atoms with van der Waals surface area (Å²) in [4.78, 5) is 0. The lowest BCUT2D eigenvalue weighted by Gasteiger charge is -2.02. The lowest BCUT2D eigenvalue weighted by molar-refractivity contribution is 0.543. The second-order valence-corrected chi connectivity index (χ2v) is 3.15. The van der Waals surface area contributed by atoms with E-state index in [4.69, 9.17) is 0 Å². The molecule has 1 N–H and O–H groups in total. The van der Waals surface area contributed by atoms with Crippen molar-refractivity contribution in [2.75, 3.05) is 4.72 Å². The van der Waals surface area contributed by atoms with E-state index < -0.39 is 11.3 Å². The molecule has 0 aromatic carbocycles. The van der Waals surface area contributed by atoms with Crippen LogP contribution in [0.3, 0.4) is 0 Å². The molecule has 1 aromatic rings. The van der Waals surface area contributed by atoms with Crippen molar-refractivity contribution in [1.82, 2.24) is 4.37 Å². The van der Waals surface area contributed by atoms with Gasteiger partial charge >= 0.3 is 0 Å². The van der Waals surface area contributed by atoms with E-state index in [1.807, 2.05) is 0 Å². The number of hydrogen-bond acceptors (Lipinski definition) is 4. The minimum Gasteiger partial charge on any atom is -0.755 e. The van der Waals surface area contributed by atoms with Crippen molar-refractivity contribution in [2.24, 2.45) is 0 Å². The number of nitrogens with zero attached hydrogens (tertiary/aromatic N) is 1. The first kappa shape index (κ1) is 7.64. The number of rotatable bonds is 2. The molecule has 0 saturated heterocycles. The van der Waals surface area contributed by atoms with Crippen molar-refractivity contribution < 1.29 is 8.76 Å². The van der Waals surface area contributed by atoms with Crippen molar-refractivity contribution >= 4 is 27.8 Å². The topological polar surface area (TPSA) is 65.0 Å². The first-order chi connectivity index (χ1) is 4.68. The largest absolute Gasteiger partial charge is 0.755 e. The predicted octanol–water partition coefficient (Wildman–Crippen LogP) is 0.658. The van der Waals surface area contributed by atoms with Gasteiger partial charge in [0, 0.05) is 11.3 Å². The summed E-state index contributed by atoms with van der Waals surface area (Å²) in [6.07, 6.45) is 0. The fourth-order valence-corrected chi connectivity index (χ4v) is 1.59. The molecule has 56 valence electrons. The number of aryl methyl sites for hydroxylation is 1. The molecule has 0 fully saturated rings. The smallest absolute Gasteiger partial charge is 0.120 e. The Bertz CT molecular complexity index is 247. The number of nitrogens with one attached hydrogen (secondary N) is 1. The van der Waals surface area contributed by atoms with Crippen molar-refractivity contribution in [3.8, 4) is 0 Å². The fraction of sp³-hybridized carbons (Fsp3) is 0.250. The lowest BCUT2D eigenvalue weighted by Crippen LogP contribution is -1.99. The highest BCUT2D eigenvalue weighted by molar-refractivity contribution is 7.80. The Hall–Kier alpha value is -0.460. The number of anilines is 1. The first-order valence-electron chi connectivity index (χ1n) is 2.48. The summed E-state index contributed by atoms with van der Waals surface area (Å²) in [5.41, 5.74) is 0.818. The highest BCUT2D eigenvalue weighted by Gasteiger charge is 1.94. The maximum Gasteiger partial charge on any atom is 0.120 e. The summed E-state index contributed by atoms with van der Waals surface area (Å²) < 4.78 is 26.2.